The van der Waals surface area contributed by atoms with Crippen molar-refractivity contribution in [3.8, 4) is 5.75 Å². The van der Waals surface area contributed by atoms with Crippen molar-refractivity contribution in [2.75, 3.05) is 26.7 Å². The minimum absolute atomic E-state index is 0.626. The molecule has 6 heteroatoms. The first kappa shape index (κ1) is 30.3. The van der Waals surface area contributed by atoms with Gasteiger partial charge in [-0.15, -0.1) is 0 Å². The van der Waals surface area contributed by atoms with Crippen LogP contribution in [0.2, 0.25) is 0 Å². The van der Waals surface area contributed by atoms with E-state index in [2.05, 4.69) is 98.2 Å². The number of unbranched alkanes of at least 4 members (excludes halogenated alkanes) is 1. The van der Waals surface area contributed by atoms with E-state index in [0.29, 0.717) is 12.6 Å². The highest BCUT2D eigenvalue weighted by atomic mass is 79.9. The Kier molecular flexibility index (Phi) is 12.1. The highest BCUT2D eigenvalue weighted by molar-refractivity contribution is 9.10. The van der Waals surface area contributed by atoms with E-state index in [1.165, 1.54) is 36.8 Å². The molecule has 0 saturated carbocycles. The molecule has 0 atom stereocenters. The number of hydrogen-bond donors (Lipinski definition) is 1. The third kappa shape index (κ3) is 9.18. The predicted molar refractivity (Wildman–Crippen MR) is 171 cm³/mol. The van der Waals surface area contributed by atoms with Gasteiger partial charge in [-0.25, -0.2) is 0 Å². The maximum atomic E-state index is 5.88. The average molecular weight is 606 g/mol. The molecule has 1 aliphatic heterocycles. The zero-order valence-electron chi connectivity index (χ0n) is 24.2. The zero-order valence-corrected chi connectivity index (χ0v) is 25.8. The molecule has 0 radical (unpaired) electrons. The number of aromatic nitrogens is 1. The van der Waals surface area contributed by atoms with Crippen LogP contribution < -0.4 is 10.1 Å². The lowest BCUT2D eigenvalue weighted by molar-refractivity contribution is 0.191. The number of halogens is 1. The topological polar surface area (TPSA) is 40.6 Å². The number of benzene rings is 1. The van der Waals surface area contributed by atoms with Crippen LogP contribution in [-0.4, -0.2) is 47.6 Å². The fourth-order valence-electron chi connectivity index (χ4n) is 5.34. The van der Waals surface area contributed by atoms with Crippen molar-refractivity contribution in [3.63, 3.8) is 0 Å². The number of likely N-dealkylation sites (tertiary alicyclic amines) is 1. The first-order valence-corrected chi connectivity index (χ1v) is 15.6. The first-order chi connectivity index (χ1) is 19.6. The normalized spacial score (nSPS) is 16.3. The molecule has 2 aliphatic rings. The number of methoxy groups -OCH3 is 1. The lowest BCUT2D eigenvalue weighted by Gasteiger charge is -2.32. The Labute approximate surface area is 249 Å². The van der Waals surface area contributed by atoms with Gasteiger partial charge in [0.2, 0.25) is 0 Å². The molecule has 0 spiro atoms. The van der Waals surface area contributed by atoms with Crippen LogP contribution in [0.15, 0.2) is 83.7 Å². The van der Waals surface area contributed by atoms with E-state index in [1.54, 1.807) is 13.3 Å². The molecule has 40 heavy (non-hydrogen) atoms. The standard InChI is InChI=1S/C34H45BrN4O/c1-4-5-9-20-39(27(2)33-24-31(35)15-19-37-33)26-30-13-12-29(23-34(30)40-3)25-38-21-16-32(17-22-38)36-18-14-28-10-7-6-8-11-28/h7,9-13,15,19-20,23-24,32,36H,2,4-6,8,14,16-18,21-22,25-26H2,1,3H3/b20-9-. The summed E-state index contributed by atoms with van der Waals surface area (Å²) in [6, 6.07) is 11.2. The molecule has 1 fully saturated rings. The minimum Gasteiger partial charge on any atom is -0.496 e. The van der Waals surface area contributed by atoms with Gasteiger partial charge in [0.15, 0.2) is 0 Å². The summed E-state index contributed by atoms with van der Waals surface area (Å²) in [5.41, 5.74) is 5.64. The molecule has 1 N–H and O–H groups in total. The average Bonchev–Trinajstić information content (AvgIpc) is 2.98. The monoisotopic (exact) mass is 604 g/mol. The third-order valence-corrected chi connectivity index (χ3v) is 8.20. The van der Waals surface area contributed by atoms with Crippen LogP contribution in [0.1, 0.15) is 68.7 Å². The molecule has 0 unspecified atom stereocenters. The van der Waals surface area contributed by atoms with Crippen molar-refractivity contribution in [3.05, 3.63) is 100 Å². The lowest BCUT2D eigenvalue weighted by atomic mass is 10.0. The quantitative estimate of drug-likeness (QED) is 0.238. The Morgan fingerprint density at radius 2 is 2.08 bits per heavy atom. The van der Waals surface area contributed by atoms with E-state index in [-0.39, 0.29) is 0 Å². The third-order valence-electron chi connectivity index (χ3n) is 7.71. The summed E-state index contributed by atoms with van der Waals surface area (Å²) >= 11 is 3.56. The molecule has 0 amide bonds. The fourth-order valence-corrected chi connectivity index (χ4v) is 5.68. The van der Waals surface area contributed by atoms with Crippen LogP contribution in [0.5, 0.6) is 5.75 Å². The van der Waals surface area contributed by atoms with Gasteiger partial charge in [-0.3, -0.25) is 9.88 Å². The van der Waals surface area contributed by atoms with E-state index in [4.69, 9.17) is 4.74 Å². The van der Waals surface area contributed by atoms with Crippen LogP contribution in [0.4, 0.5) is 0 Å². The fraction of sp³-hybridized carbons (Fsp3) is 0.441. The molecule has 2 aromatic rings. The number of nitrogens with one attached hydrogen (secondary N) is 1. The number of pyridine rings is 1. The largest absolute Gasteiger partial charge is 0.496 e. The summed E-state index contributed by atoms with van der Waals surface area (Å²) in [4.78, 5) is 9.28. The Bertz CT molecular complexity index is 1200. The highest BCUT2D eigenvalue weighted by Crippen LogP contribution is 2.28. The van der Waals surface area contributed by atoms with Gasteiger partial charge in [0.1, 0.15) is 5.75 Å². The Morgan fingerprint density at radius 3 is 2.80 bits per heavy atom. The summed E-state index contributed by atoms with van der Waals surface area (Å²) in [6.45, 7) is 11.5. The highest BCUT2D eigenvalue weighted by Gasteiger charge is 2.20. The molecule has 4 rings (SSSR count). The van der Waals surface area contributed by atoms with E-state index in [1.807, 2.05) is 12.1 Å². The maximum Gasteiger partial charge on any atom is 0.124 e. The Balaban J connectivity index is 1.32. The molecular formula is C34H45BrN4O. The first-order valence-electron chi connectivity index (χ1n) is 14.8. The predicted octanol–water partition coefficient (Wildman–Crippen LogP) is 7.86. The lowest BCUT2D eigenvalue weighted by Crippen LogP contribution is -2.42. The molecule has 1 aromatic heterocycles. The number of nitrogens with zero attached hydrogens (tertiary/aromatic N) is 3. The minimum atomic E-state index is 0.626. The maximum absolute atomic E-state index is 5.88. The van der Waals surface area contributed by atoms with Gasteiger partial charge in [-0.05, 0) is 81.9 Å². The van der Waals surface area contributed by atoms with Crippen LogP contribution in [0.3, 0.4) is 0 Å². The summed E-state index contributed by atoms with van der Waals surface area (Å²) in [5, 5.41) is 3.79. The van der Waals surface area contributed by atoms with E-state index < -0.39 is 0 Å². The summed E-state index contributed by atoms with van der Waals surface area (Å²) in [6.07, 6.45) is 21.2. The van der Waals surface area contributed by atoms with Crippen molar-refractivity contribution < 1.29 is 4.74 Å². The molecule has 1 aliphatic carbocycles. The molecule has 214 valence electrons. The molecule has 1 aromatic carbocycles. The smallest absolute Gasteiger partial charge is 0.124 e. The van der Waals surface area contributed by atoms with Crippen molar-refractivity contribution in [2.45, 2.75) is 71.0 Å². The second-order valence-corrected chi connectivity index (χ2v) is 11.7. The second-order valence-electron chi connectivity index (χ2n) is 10.8. The zero-order chi connectivity index (χ0) is 28.2. The number of allylic oxidation sites excluding steroid dienone is 4. The van der Waals surface area contributed by atoms with E-state index in [0.717, 1.165) is 72.6 Å². The van der Waals surface area contributed by atoms with Crippen molar-refractivity contribution >= 4 is 21.6 Å². The van der Waals surface area contributed by atoms with Crippen LogP contribution >= 0.6 is 15.9 Å². The van der Waals surface area contributed by atoms with Crippen molar-refractivity contribution in [1.29, 1.82) is 0 Å². The van der Waals surface area contributed by atoms with Crippen LogP contribution in [-0.2, 0) is 13.1 Å². The van der Waals surface area contributed by atoms with Crippen LogP contribution in [0.25, 0.3) is 5.70 Å². The van der Waals surface area contributed by atoms with Crippen molar-refractivity contribution in [2.24, 2.45) is 0 Å². The molecular weight excluding hydrogens is 560 g/mol. The van der Waals surface area contributed by atoms with Gasteiger partial charge in [-0.2, -0.15) is 0 Å². The molecule has 2 heterocycles. The molecule has 5 nitrogen and oxygen atoms in total. The Morgan fingerprint density at radius 1 is 1.23 bits per heavy atom. The SMILES string of the molecule is C=C(c1cc(Br)ccn1)N(/C=C\CCC)Cc1ccc(CN2CCC(NCCC3=CCCC=C3)CC2)cc1OC. The van der Waals surface area contributed by atoms with Gasteiger partial charge in [-0.1, -0.05) is 77.9 Å². The van der Waals surface area contributed by atoms with Gasteiger partial charge >= 0.3 is 0 Å². The van der Waals surface area contributed by atoms with Gasteiger partial charge in [0.25, 0.3) is 0 Å². The van der Waals surface area contributed by atoms with E-state index in [9.17, 15) is 0 Å². The number of piperidine rings is 1. The van der Waals surface area contributed by atoms with Crippen molar-refractivity contribution in [1.82, 2.24) is 20.1 Å². The summed E-state index contributed by atoms with van der Waals surface area (Å²) in [7, 11) is 1.76. The molecule has 0 bridgehead atoms. The molecule has 1 saturated heterocycles. The second kappa shape index (κ2) is 15.9. The van der Waals surface area contributed by atoms with E-state index >= 15 is 0 Å². The summed E-state index contributed by atoms with van der Waals surface area (Å²) < 4.78 is 6.87. The summed E-state index contributed by atoms with van der Waals surface area (Å²) in [5.74, 6) is 0.920. The van der Waals surface area contributed by atoms with Gasteiger partial charge < -0.3 is 15.0 Å². The van der Waals surface area contributed by atoms with Gasteiger partial charge in [0.05, 0.1) is 25.0 Å². The number of hydrogen-bond acceptors (Lipinski definition) is 5. The number of ether oxygens (including phenoxy) is 1. The van der Waals surface area contributed by atoms with Crippen LogP contribution in [0, 0.1) is 0 Å². The number of rotatable bonds is 14. The Hall–Kier alpha value is -2.67. The van der Waals surface area contributed by atoms with Gasteiger partial charge in [0, 0.05) is 35.0 Å².